The standard InChI is InChI=1S/C27H33N3O3S/c1-3-33-20-10-6-9-19(17-20)25-23-12-7-15-29(23)26-22(21-11-4-5-13-24(21)34-26)18-30(25)27(31)28-14-8-16-32-2/h6-7,9-10,12,15,17,25H,3-5,8,11,13-14,16,18H2,1-2H3,(H,28,31)/t25-/m0/s1. The molecule has 180 valence electrons. The molecule has 2 amide bonds. The first-order valence-electron chi connectivity index (χ1n) is 12.3. The van der Waals surface area contributed by atoms with Crippen LogP contribution in [0.15, 0.2) is 42.6 Å². The van der Waals surface area contributed by atoms with Gasteiger partial charge in [-0.1, -0.05) is 12.1 Å². The van der Waals surface area contributed by atoms with E-state index in [-0.39, 0.29) is 12.1 Å². The Morgan fingerprint density at radius 3 is 2.91 bits per heavy atom. The molecule has 1 atom stereocenters. The molecule has 5 rings (SSSR count). The molecule has 2 aliphatic rings. The van der Waals surface area contributed by atoms with Crippen LogP contribution in [0.1, 0.15) is 59.5 Å². The zero-order chi connectivity index (χ0) is 23.5. The number of nitrogens with zero attached hydrogens (tertiary/aromatic N) is 2. The lowest BCUT2D eigenvalue weighted by Gasteiger charge is -2.31. The van der Waals surface area contributed by atoms with Gasteiger partial charge in [0.1, 0.15) is 10.8 Å². The van der Waals surface area contributed by atoms with Crippen LogP contribution in [0.2, 0.25) is 0 Å². The number of hydrogen-bond donors (Lipinski definition) is 1. The first kappa shape index (κ1) is 23.0. The number of nitrogens with one attached hydrogen (secondary N) is 1. The van der Waals surface area contributed by atoms with Crippen molar-refractivity contribution in [3.63, 3.8) is 0 Å². The third kappa shape index (κ3) is 4.34. The van der Waals surface area contributed by atoms with E-state index in [2.05, 4.69) is 40.3 Å². The number of aromatic nitrogens is 1. The molecule has 1 aromatic carbocycles. The lowest BCUT2D eigenvalue weighted by molar-refractivity contribution is 0.174. The summed E-state index contributed by atoms with van der Waals surface area (Å²) in [6, 6.07) is 12.2. The highest BCUT2D eigenvalue weighted by Gasteiger charge is 2.36. The van der Waals surface area contributed by atoms with Gasteiger partial charge < -0.3 is 24.3 Å². The highest BCUT2D eigenvalue weighted by Crippen LogP contribution is 2.44. The fraction of sp³-hybridized carbons (Fsp3) is 0.444. The number of benzene rings is 1. The predicted octanol–water partition coefficient (Wildman–Crippen LogP) is 5.47. The number of carbonyl (C=O) groups excluding carboxylic acids is 1. The Labute approximate surface area is 205 Å². The molecular formula is C27H33N3O3S. The summed E-state index contributed by atoms with van der Waals surface area (Å²) in [5, 5.41) is 4.42. The molecule has 0 bridgehead atoms. The van der Waals surface area contributed by atoms with E-state index in [0.29, 0.717) is 26.3 Å². The Kier molecular flexibility index (Phi) is 6.92. The van der Waals surface area contributed by atoms with Gasteiger partial charge in [0.2, 0.25) is 0 Å². The number of hydrogen-bond acceptors (Lipinski definition) is 4. The molecule has 1 aliphatic carbocycles. The average Bonchev–Trinajstić information content (AvgIpc) is 3.44. The van der Waals surface area contributed by atoms with Gasteiger partial charge in [0, 0.05) is 36.9 Å². The van der Waals surface area contributed by atoms with Crippen molar-refractivity contribution in [3.8, 4) is 10.8 Å². The third-order valence-corrected chi connectivity index (χ3v) is 8.06. The van der Waals surface area contributed by atoms with E-state index in [1.54, 1.807) is 7.11 Å². The second-order valence-electron chi connectivity index (χ2n) is 8.91. The summed E-state index contributed by atoms with van der Waals surface area (Å²) in [5.74, 6) is 0.829. The summed E-state index contributed by atoms with van der Waals surface area (Å²) < 4.78 is 13.3. The van der Waals surface area contributed by atoms with Crippen molar-refractivity contribution < 1.29 is 14.3 Å². The van der Waals surface area contributed by atoms with Gasteiger partial charge in [-0.2, -0.15) is 0 Å². The van der Waals surface area contributed by atoms with Gasteiger partial charge in [0.15, 0.2) is 0 Å². The van der Waals surface area contributed by atoms with Crippen LogP contribution in [0.25, 0.3) is 5.00 Å². The number of methoxy groups -OCH3 is 1. The van der Waals surface area contributed by atoms with Crippen molar-refractivity contribution in [2.24, 2.45) is 0 Å². The maximum absolute atomic E-state index is 13.7. The van der Waals surface area contributed by atoms with Gasteiger partial charge in [0.25, 0.3) is 0 Å². The quantitative estimate of drug-likeness (QED) is 0.458. The van der Waals surface area contributed by atoms with Crippen LogP contribution < -0.4 is 10.1 Å². The number of rotatable bonds is 7. The average molecular weight is 480 g/mol. The number of thiophene rings is 1. The molecule has 0 radical (unpaired) electrons. The molecule has 0 fully saturated rings. The largest absolute Gasteiger partial charge is 0.494 e. The van der Waals surface area contributed by atoms with Gasteiger partial charge in [0.05, 0.1) is 24.9 Å². The number of fused-ring (bicyclic) bond motifs is 5. The third-order valence-electron chi connectivity index (χ3n) is 6.73. The molecule has 0 unspecified atom stereocenters. The van der Waals surface area contributed by atoms with E-state index in [0.717, 1.165) is 36.3 Å². The Balaban J connectivity index is 1.59. The number of amides is 2. The van der Waals surface area contributed by atoms with E-state index < -0.39 is 0 Å². The molecule has 0 saturated heterocycles. The molecule has 1 aliphatic heterocycles. The summed E-state index contributed by atoms with van der Waals surface area (Å²) in [5.41, 5.74) is 4.94. The van der Waals surface area contributed by atoms with Crippen molar-refractivity contribution >= 4 is 17.4 Å². The Bertz CT molecular complexity index is 1150. The molecule has 6 nitrogen and oxygen atoms in total. The fourth-order valence-electron chi connectivity index (χ4n) is 5.19. The molecule has 0 saturated carbocycles. The first-order chi connectivity index (χ1) is 16.7. The van der Waals surface area contributed by atoms with Crippen molar-refractivity contribution in [2.45, 2.75) is 51.6 Å². The summed E-state index contributed by atoms with van der Waals surface area (Å²) in [4.78, 5) is 17.2. The SMILES string of the molecule is CCOc1cccc([C@H]2c3cccn3-c3sc4c(c3CN2C(=O)NCCCOC)CCCC4)c1. The molecule has 3 aromatic rings. The van der Waals surface area contributed by atoms with Crippen LogP contribution in [0.4, 0.5) is 4.79 Å². The number of ether oxygens (including phenoxy) is 2. The van der Waals surface area contributed by atoms with E-state index in [4.69, 9.17) is 9.47 Å². The van der Waals surface area contributed by atoms with Gasteiger partial charge in [-0.05, 0) is 74.4 Å². The summed E-state index contributed by atoms with van der Waals surface area (Å²) in [7, 11) is 1.69. The van der Waals surface area contributed by atoms with Crippen molar-refractivity contribution in [2.75, 3.05) is 26.9 Å². The second-order valence-corrected chi connectivity index (χ2v) is 10.00. The topological polar surface area (TPSA) is 55.7 Å². The molecule has 7 heteroatoms. The van der Waals surface area contributed by atoms with E-state index >= 15 is 0 Å². The van der Waals surface area contributed by atoms with Crippen molar-refractivity contribution in [1.29, 1.82) is 0 Å². The van der Waals surface area contributed by atoms with Crippen LogP contribution >= 0.6 is 11.3 Å². The Morgan fingerprint density at radius 2 is 2.06 bits per heavy atom. The minimum Gasteiger partial charge on any atom is -0.494 e. The van der Waals surface area contributed by atoms with Crippen LogP contribution in [0.3, 0.4) is 0 Å². The molecule has 1 N–H and O–H groups in total. The van der Waals surface area contributed by atoms with Gasteiger partial charge >= 0.3 is 6.03 Å². The van der Waals surface area contributed by atoms with Crippen molar-refractivity contribution in [1.82, 2.24) is 14.8 Å². The van der Waals surface area contributed by atoms with Gasteiger partial charge in [-0.25, -0.2) is 4.79 Å². The van der Waals surface area contributed by atoms with E-state index in [1.165, 1.54) is 33.8 Å². The summed E-state index contributed by atoms with van der Waals surface area (Å²) in [6.45, 7) is 4.42. The monoisotopic (exact) mass is 479 g/mol. The normalized spacial score (nSPS) is 16.9. The van der Waals surface area contributed by atoms with Crippen molar-refractivity contribution in [3.05, 3.63) is 69.9 Å². The van der Waals surface area contributed by atoms with Crippen LogP contribution in [-0.4, -0.2) is 42.4 Å². The zero-order valence-electron chi connectivity index (χ0n) is 20.0. The number of carbonyl (C=O) groups is 1. The van der Waals surface area contributed by atoms with Gasteiger partial charge in [-0.3, -0.25) is 0 Å². The lowest BCUT2D eigenvalue weighted by atomic mass is 9.95. The minimum atomic E-state index is -0.211. The molecular weight excluding hydrogens is 446 g/mol. The maximum atomic E-state index is 13.7. The first-order valence-corrected chi connectivity index (χ1v) is 13.1. The predicted molar refractivity (Wildman–Crippen MR) is 135 cm³/mol. The Hall–Kier alpha value is -2.77. The number of urea groups is 1. The van der Waals surface area contributed by atoms with E-state index in [1.807, 2.05) is 35.3 Å². The second kappa shape index (κ2) is 10.2. The van der Waals surface area contributed by atoms with E-state index in [9.17, 15) is 4.79 Å². The molecule has 2 aromatic heterocycles. The zero-order valence-corrected chi connectivity index (χ0v) is 20.8. The highest BCUT2D eigenvalue weighted by molar-refractivity contribution is 7.15. The molecule has 3 heterocycles. The summed E-state index contributed by atoms with van der Waals surface area (Å²) in [6.07, 6.45) is 7.66. The molecule has 34 heavy (non-hydrogen) atoms. The van der Waals surface area contributed by atoms with Crippen LogP contribution in [0, 0.1) is 0 Å². The summed E-state index contributed by atoms with van der Waals surface area (Å²) >= 11 is 1.91. The Morgan fingerprint density at radius 1 is 1.18 bits per heavy atom. The highest BCUT2D eigenvalue weighted by atomic mass is 32.1. The van der Waals surface area contributed by atoms with Crippen LogP contribution in [0.5, 0.6) is 5.75 Å². The lowest BCUT2D eigenvalue weighted by Crippen LogP contribution is -2.42. The fourth-order valence-corrected chi connectivity index (χ4v) is 6.60. The molecule has 0 spiro atoms. The van der Waals surface area contributed by atoms with Gasteiger partial charge in [-0.15, -0.1) is 11.3 Å². The van der Waals surface area contributed by atoms with Crippen LogP contribution in [-0.2, 0) is 24.1 Å². The maximum Gasteiger partial charge on any atom is 0.318 e. The number of aryl methyl sites for hydroxylation is 1. The minimum absolute atomic E-state index is 0.0423. The smallest absolute Gasteiger partial charge is 0.318 e.